The molecule has 3 atom stereocenters. The Labute approximate surface area is 336 Å². The van der Waals surface area contributed by atoms with Crippen LogP contribution in [0.25, 0.3) is 0 Å². The molecule has 0 heterocycles. The lowest BCUT2D eigenvalue weighted by molar-refractivity contribution is -0.161. The van der Waals surface area contributed by atoms with Gasteiger partial charge in [0.1, 0.15) is 12.7 Å². The standard InChI is InChI=1S/C44H85O10P/c1-3-5-7-9-11-13-15-17-19-20-21-22-24-25-27-29-31-33-35-43(47)51-39-42(40-53-55(49,50)52-38-41(46)37-45)54-44(48)36-34-32-30-28-26-23-18-16-14-12-10-8-6-4-2/h16,18,41-42,45-46H,3-15,17,19-40H2,1-2H3,(H,49,50)/b18-16+/t41-,42+/m1/s1. The molecule has 0 saturated heterocycles. The van der Waals surface area contributed by atoms with Crippen LogP contribution in [-0.2, 0) is 32.7 Å². The van der Waals surface area contributed by atoms with Crippen LogP contribution in [0.15, 0.2) is 12.2 Å². The van der Waals surface area contributed by atoms with Gasteiger partial charge in [0, 0.05) is 12.8 Å². The third-order valence-electron chi connectivity index (χ3n) is 9.92. The molecule has 0 aliphatic rings. The Balaban J connectivity index is 4.22. The predicted octanol–water partition coefficient (Wildman–Crippen LogP) is 12.0. The summed E-state index contributed by atoms with van der Waals surface area (Å²) in [5.74, 6) is -0.923. The van der Waals surface area contributed by atoms with Gasteiger partial charge in [-0.05, 0) is 38.5 Å². The van der Waals surface area contributed by atoms with E-state index in [0.717, 1.165) is 57.8 Å². The molecular weight excluding hydrogens is 719 g/mol. The number of allylic oxidation sites excluding steroid dienone is 2. The molecule has 0 aliphatic heterocycles. The van der Waals surface area contributed by atoms with E-state index in [4.69, 9.17) is 23.6 Å². The molecule has 0 amide bonds. The number of aliphatic hydroxyl groups is 2. The highest BCUT2D eigenvalue weighted by molar-refractivity contribution is 7.47. The minimum absolute atomic E-state index is 0.178. The summed E-state index contributed by atoms with van der Waals surface area (Å²) in [6.07, 6.45) is 38.9. The smallest absolute Gasteiger partial charge is 0.462 e. The monoisotopic (exact) mass is 805 g/mol. The molecule has 0 bridgehead atoms. The van der Waals surface area contributed by atoms with E-state index in [2.05, 4.69) is 26.0 Å². The van der Waals surface area contributed by atoms with Crippen molar-refractivity contribution in [1.29, 1.82) is 0 Å². The summed E-state index contributed by atoms with van der Waals surface area (Å²) in [5, 5.41) is 18.3. The van der Waals surface area contributed by atoms with E-state index >= 15 is 0 Å². The molecule has 0 radical (unpaired) electrons. The second-order valence-electron chi connectivity index (χ2n) is 15.4. The zero-order valence-corrected chi connectivity index (χ0v) is 36.3. The van der Waals surface area contributed by atoms with Crippen molar-refractivity contribution in [3.63, 3.8) is 0 Å². The number of unbranched alkanes of at least 4 members (excludes halogenated alkanes) is 27. The van der Waals surface area contributed by atoms with Crippen LogP contribution >= 0.6 is 7.82 Å². The van der Waals surface area contributed by atoms with Gasteiger partial charge >= 0.3 is 19.8 Å². The molecule has 0 spiro atoms. The zero-order valence-electron chi connectivity index (χ0n) is 35.4. The summed E-state index contributed by atoms with van der Waals surface area (Å²) in [4.78, 5) is 35.0. The van der Waals surface area contributed by atoms with Crippen LogP contribution in [0.2, 0.25) is 0 Å². The summed E-state index contributed by atoms with van der Waals surface area (Å²) in [5.41, 5.74) is 0. The number of phosphoric acid groups is 1. The SMILES string of the molecule is CCCCCCC/C=C/CCCCCCCC(=O)O[C@@H](COC(=O)CCCCCCCCCCCCCCCCCCCC)COP(=O)(O)OC[C@H](O)CO. The fourth-order valence-electron chi connectivity index (χ4n) is 6.40. The van der Waals surface area contributed by atoms with Crippen LogP contribution < -0.4 is 0 Å². The van der Waals surface area contributed by atoms with Crippen LogP contribution in [0.3, 0.4) is 0 Å². The lowest BCUT2D eigenvalue weighted by Crippen LogP contribution is -2.29. The van der Waals surface area contributed by atoms with E-state index < -0.39 is 51.8 Å². The van der Waals surface area contributed by atoms with Crippen molar-refractivity contribution in [2.45, 2.75) is 232 Å². The third kappa shape index (κ3) is 40.7. The molecule has 0 saturated carbocycles. The highest BCUT2D eigenvalue weighted by Gasteiger charge is 2.27. The second-order valence-corrected chi connectivity index (χ2v) is 16.9. The Kier molecular flexibility index (Phi) is 39.9. The molecule has 0 aromatic carbocycles. The topological polar surface area (TPSA) is 149 Å². The number of esters is 2. The van der Waals surface area contributed by atoms with E-state index in [0.29, 0.717) is 12.8 Å². The average Bonchev–Trinajstić information content (AvgIpc) is 3.17. The fraction of sp³-hybridized carbons (Fsp3) is 0.909. The van der Waals surface area contributed by atoms with Gasteiger partial charge < -0.3 is 24.6 Å². The molecule has 0 rings (SSSR count). The van der Waals surface area contributed by atoms with Crippen LogP contribution in [0.1, 0.15) is 219 Å². The van der Waals surface area contributed by atoms with E-state index in [1.807, 2.05) is 0 Å². The number of carbonyl (C=O) groups is 2. The zero-order chi connectivity index (χ0) is 40.5. The van der Waals surface area contributed by atoms with Crippen LogP contribution in [0, 0.1) is 0 Å². The molecule has 0 fully saturated rings. The highest BCUT2D eigenvalue weighted by atomic mass is 31.2. The average molecular weight is 805 g/mol. The Morgan fingerprint density at radius 3 is 1.31 bits per heavy atom. The number of hydrogen-bond acceptors (Lipinski definition) is 9. The molecule has 55 heavy (non-hydrogen) atoms. The van der Waals surface area contributed by atoms with E-state index in [9.17, 15) is 24.2 Å². The van der Waals surface area contributed by atoms with Gasteiger partial charge in [-0.2, -0.15) is 0 Å². The quantitative estimate of drug-likeness (QED) is 0.0235. The van der Waals surface area contributed by atoms with Gasteiger partial charge in [-0.15, -0.1) is 0 Å². The van der Waals surface area contributed by atoms with Crippen molar-refractivity contribution in [1.82, 2.24) is 0 Å². The number of rotatable bonds is 43. The first-order chi connectivity index (χ1) is 26.7. The van der Waals surface area contributed by atoms with Gasteiger partial charge in [0.25, 0.3) is 0 Å². The Hall–Kier alpha value is -1.29. The lowest BCUT2D eigenvalue weighted by Gasteiger charge is -2.20. The van der Waals surface area contributed by atoms with Crippen LogP contribution in [0.5, 0.6) is 0 Å². The minimum atomic E-state index is -4.61. The number of phosphoric ester groups is 1. The number of aliphatic hydroxyl groups excluding tert-OH is 2. The molecule has 0 aliphatic carbocycles. The third-order valence-corrected chi connectivity index (χ3v) is 10.9. The fourth-order valence-corrected chi connectivity index (χ4v) is 7.19. The Morgan fingerprint density at radius 1 is 0.527 bits per heavy atom. The molecular formula is C44H85O10P. The summed E-state index contributed by atoms with van der Waals surface area (Å²) >= 11 is 0. The van der Waals surface area contributed by atoms with Crippen LogP contribution in [-0.4, -0.2) is 65.7 Å². The molecule has 0 aromatic heterocycles. The van der Waals surface area contributed by atoms with Gasteiger partial charge in [-0.1, -0.05) is 180 Å². The van der Waals surface area contributed by atoms with Gasteiger partial charge in [0.05, 0.1) is 19.8 Å². The summed E-state index contributed by atoms with van der Waals surface area (Å²) < 4.78 is 32.7. The minimum Gasteiger partial charge on any atom is -0.462 e. The first-order valence-electron chi connectivity index (χ1n) is 22.6. The predicted molar refractivity (Wildman–Crippen MR) is 224 cm³/mol. The molecule has 11 heteroatoms. The van der Waals surface area contributed by atoms with Crippen molar-refractivity contribution in [2.24, 2.45) is 0 Å². The second kappa shape index (κ2) is 40.9. The van der Waals surface area contributed by atoms with Gasteiger partial charge in [-0.3, -0.25) is 18.6 Å². The molecule has 3 N–H and O–H groups in total. The van der Waals surface area contributed by atoms with E-state index in [1.54, 1.807) is 0 Å². The van der Waals surface area contributed by atoms with Crippen molar-refractivity contribution >= 4 is 19.8 Å². The molecule has 1 unspecified atom stereocenters. The maximum atomic E-state index is 12.6. The maximum absolute atomic E-state index is 12.6. The summed E-state index contributed by atoms with van der Waals surface area (Å²) in [7, 11) is -4.61. The molecule has 0 aromatic rings. The van der Waals surface area contributed by atoms with E-state index in [-0.39, 0.29) is 19.4 Å². The largest absolute Gasteiger partial charge is 0.472 e. The van der Waals surface area contributed by atoms with Gasteiger partial charge in [0.15, 0.2) is 6.10 Å². The van der Waals surface area contributed by atoms with Crippen molar-refractivity contribution in [3.8, 4) is 0 Å². The van der Waals surface area contributed by atoms with Crippen molar-refractivity contribution in [3.05, 3.63) is 12.2 Å². The summed E-state index contributed by atoms with van der Waals surface area (Å²) in [6.45, 7) is 2.39. The lowest BCUT2D eigenvalue weighted by atomic mass is 10.0. The normalized spacial score (nSPS) is 13.9. The number of carbonyl (C=O) groups excluding carboxylic acids is 2. The molecule has 10 nitrogen and oxygen atoms in total. The van der Waals surface area contributed by atoms with Gasteiger partial charge in [0.2, 0.25) is 0 Å². The first-order valence-corrected chi connectivity index (χ1v) is 24.1. The maximum Gasteiger partial charge on any atom is 0.472 e. The van der Waals surface area contributed by atoms with Gasteiger partial charge in [-0.25, -0.2) is 4.57 Å². The Morgan fingerprint density at radius 2 is 0.891 bits per heavy atom. The van der Waals surface area contributed by atoms with Crippen molar-refractivity contribution in [2.75, 3.05) is 26.4 Å². The summed E-state index contributed by atoms with van der Waals surface area (Å²) in [6, 6.07) is 0. The highest BCUT2D eigenvalue weighted by Crippen LogP contribution is 2.43. The van der Waals surface area contributed by atoms with Crippen molar-refractivity contribution < 1.29 is 47.8 Å². The first kappa shape index (κ1) is 53.7. The van der Waals surface area contributed by atoms with Crippen LogP contribution in [0.4, 0.5) is 0 Å². The Bertz CT molecular complexity index is 930. The number of ether oxygens (including phenoxy) is 2. The molecule has 326 valence electrons. The number of hydrogen-bond donors (Lipinski definition) is 3. The van der Waals surface area contributed by atoms with E-state index in [1.165, 1.54) is 122 Å².